The molecule has 0 nitrogen and oxygen atoms in total. The predicted molar refractivity (Wildman–Crippen MR) is 75.6 cm³/mol. The molecule has 0 amide bonds. The Morgan fingerprint density at radius 1 is 0.867 bits per heavy atom. The summed E-state index contributed by atoms with van der Waals surface area (Å²) in [6.07, 6.45) is 11.0. The van der Waals surface area contributed by atoms with Crippen LogP contribution in [0.1, 0.15) is 79.1 Å². The molecule has 0 radical (unpaired) electrons. The molecule has 0 aliphatic carbocycles. The molecule has 0 saturated heterocycles. The van der Waals surface area contributed by atoms with Crippen molar-refractivity contribution in [1.29, 1.82) is 0 Å². The third kappa shape index (κ3) is 4.85. The molecule has 92 valence electrons. The van der Waals surface area contributed by atoms with Crippen molar-refractivity contribution in [2.75, 3.05) is 0 Å². The van der Waals surface area contributed by atoms with Crippen LogP contribution in [0, 0.1) is 5.41 Å². The Hall–Kier alpha value is 0.430. The van der Waals surface area contributed by atoms with Gasteiger partial charge in [-0.15, -0.1) is 9.24 Å². The molecule has 2 unspecified atom stereocenters. The second-order valence-corrected chi connectivity index (χ2v) is 5.68. The Morgan fingerprint density at radius 2 is 1.40 bits per heavy atom. The van der Waals surface area contributed by atoms with Crippen molar-refractivity contribution < 1.29 is 0 Å². The lowest BCUT2D eigenvalue weighted by Crippen LogP contribution is -2.29. The van der Waals surface area contributed by atoms with Crippen molar-refractivity contribution in [3.63, 3.8) is 0 Å². The number of unbranched alkanes of at least 4 members (excludes halogenated alkanes) is 3. The summed E-state index contributed by atoms with van der Waals surface area (Å²) in [5.74, 6) is 0. The standard InChI is InChI=1S/C14H31P/c1-5-9-10-11-12-13(15)14(6-2,7-3)8-4/h13H,5-12,15H2,1-4H3. The van der Waals surface area contributed by atoms with Crippen LogP contribution in [0.3, 0.4) is 0 Å². The molecule has 0 aromatic carbocycles. The van der Waals surface area contributed by atoms with E-state index in [2.05, 4.69) is 36.9 Å². The van der Waals surface area contributed by atoms with Crippen molar-refractivity contribution in [1.82, 2.24) is 0 Å². The Labute approximate surface area is 99.8 Å². The van der Waals surface area contributed by atoms with Gasteiger partial charge in [0.1, 0.15) is 0 Å². The molecule has 1 heteroatoms. The molecule has 0 fully saturated rings. The fourth-order valence-corrected chi connectivity index (χ4v) is 3.58. The van der Waals surface area contributed by atoms with E-state index in [0.717, 1.165) is 5.66 Å². The molecule has 0 aliphatic heterocycles. The second kappa shape index (κ2) is 8.57. The minimum atomic E-state index is 0.594. The lowest BCUT2D eigenvalue weighted by Gasteiger charge is -2.37. The summed E-state index contributed by atoms with van der Waals surface area (Å²) >= 11 is 0. The molecule has 0 aromatic heterocycles. The van der Waals surface area contributed by atoms with Gasteiger partial charge in [-0.3, -0.25) is 0 Å². The quantitative estimate of drug-likeness (QED) is 0.366. The summed E-state index contributed by atoms with van der Waals surface area (Å²) in [4.78, 5) is 0. The minimum Gasteiger partial charge on any atom is -0.134 e. The molecular formula is C14H31P. The van der Waals surface area contributed by atoms with Crippen molar-refractivity contribution >= 4 is 9.24 Å². The van der Waals surface area contributed by atoms with Gasteiger partial charge < -0.3 is 0 Å². The summed E-state index contributed by atoms with van der Waals surface area (Å²) in [7, 11) is 3.12. The van der Waals surface area contributed by atoms with Crippen LogP contribution in [0.15, 0.2) is 0 Å². The molecule has 0 aromatic rings. The molecule has 0 saturated carbocycles. The van der Waals surface area contributed by atoms with Gasteiger partial charge in [0.25, 0.3) is 0 Å². The molecule has 2 atom stereocenters. The van der Waals surface area contributed by atoms with Crippen molar-refractivity contribution in [2.24, 2.45) is 5.41 Å². The monoisotopic (exact) mass is 230 g/mol. The van der Waals surface area contributed by atoms with Crippen molar-refractivity contribution in [3.05, 3.63) is 0 Å². The van der Waals surface area contributed by atoms with Crippen molar-refractivity contribution in [2.45, 2.75) is 84.7 Å². The number of hydrogen-bond donors (Lipinski definition) is 0. The SMILES string of the molecule is CCCCCCC(P)C(CC)(CC)CC. The van der Waals surface area contributed by atoms with E-state index in [0.29, 0.717) is 5.41 Å². The van der Waals surface area contributed by atoms with Gasteiger partial charge in [-0.05, 0) is 36.8 Å². The first-order chi connectivity index (χ1) is 7.16. The van der Waals surface area contributed by atoms with Gasteiger partial charge in [-0.2, -0.15) is 0 Å². The van der Waals surface area contributed by atoms with E-state index in [-0.39, 0.29) is 0 Å². The zero-order chi connectivity index (χ0) is 11.7. The number of rotatable bonds is 9. The largest absolute Gasteiger partial charge is 0.134 e. The number of hydrogen-bond acceptors (Lipinski definition) is 0. The first-order valence-electron chi connectivity index (χ1n) is 6.92. The minimum absolute atomic E-state index is 0.594. The summed E-state index contributed by atoms with van der Waals surface area (Å²) in [6.45, 7) is 9.36. The third-order valence-electron chi connectivity index (χ3n) is 4.27. The third-order valence-corrected chi connectivity index (χ3v) is 5.31. The van der Waals surface area contributed by atoms with Crippen LogP contribution in [-0.2, 0) is 0 Å². The molecular weight excluding hydrogens is 199 g/mol. The summed E-state index contributed by atoms with van der Waals surface area (Å²) in [5, 5.41) is 0. The first-order valence-corrected chi connectivity index (χ1v) is 7.59. The average molecular weight is 230 g/mol. The highest BCUT2D eigenvalue weighted by Crippen LogP contribution is 2.41. The Kier molecular flexibility index (Phi) is 8.81. The maximum absolute atomic E-state index is 3.12. The maximum Gasteiger partial charge on any atom is -0.0208 e. The van der Waals surface area contributed by atoms with Gasteiger partial charge in [-0.1, -0.05) is 53.4 Å². The topological polar surface area (TPSA) is 0 Å². The smallest absolute Gasteiger partial charge is 0.0208 e. The highest BCUT2D eigenvalue weighted by atomic mass is 31.0. The highest BCUT2D eigenvalue weighted by molar-refractivity contribution is 7.17. The van der Waals surface area contributed by atoms with Crippen LogP contribution < -0.4 is 0 Å². The van der Waals surface area contributed by atoms with E-state index < -0.39 is 0 Å². The molecule has 0 heterocycles. The lowest BCUT2D eigenvalue weighted by molar-refractivity contribution is 0.230. The lowest BCUT2D eigenvalue weighted by atomic mass is 9.75. The van der Waals surface area contributed by atoms with E-state index in [4.69, 9.17) is 0 Å². The van der Waals surface area contributed by atoms with Gasteiger partial charge >= 0.3 is 0 Å². The fourth-order valence-electron chi connectivity index (χ4n) is 2.63. The Morgan fingerprint density at radius 3 is 1.80 bits per heavy atom. The molecule has 0 aliphatic rings. The highest BCUT2D eigenvalue weighted by Gasteiger charge is 2.30. The molecule has 0 rings (SSSR count). The fraction of sp³-hybridized carbons (Fsp3) is 1.00. The van der Waals surface area contributed by atoms with Crippen LogP contribution in [-0.4, -0.2) is 5.66 Å². The van der Waals surface area contributed by atoms with Gasteiger partial charge in [-0.25, -0.2) is 0 Å². The molecule has 15 heavy (non-hydrogen) atoms. The van der Waals surface area contributed by atoms with E-state index in [9.17, 15) is 0 Å². The summed E-state index contributed by atoms with van der Waals surface area (Å²) in [5.41, 5.74) is 1.42. The van der Waals surface area contributed by atoms with Crippen LogP contribution >= 0.6 is 9.24 Å². The van der Waals surface area contributed by atoms with Gasteiger partial charge in [0.2, 0.25) is 0 Å². The first kappa shape index (κ1) is 15.4. The summed E-state index contributed by atoms with van der Waals surface area (Å²) < 4.78 is 0. The average Bonchev–Trinajstić information content (AvgIpc) is 2.28. The second-order valence-electron chi connectivity index (χ2n) is 4.88. The molecule has 0 spiro atoms. The summed E-state index contributed by atoms with van der Waals surface area (Å²) in [6, 6.07) is 0. The van der Waals surface area contributed by atoms with Gasteiger partial charge in [0.05, 0.1) is 0 Å². The van der Waals surface area contributed by atoms with Gasteiger partial charge in [0.15, 0.2) is 0 Å². The van der Waals surface area contributed by atoms with E-state index in [1.165, 1.54) is 51.4 Å². The zero-order valence-corrected chi connectivity index (χ0v) is 12.5. The van der Waals surface area contributed by atoms with Gasteiger partial charge in [0, 0.05) is 0 Å². The van der Waals surface area contributed by atoms with Crippen LogP contribution in [0.4, 0.5) is 0 Å². The van der Waals surface area contributed by atoms with Crippen molar-refractivity contribution in [3.8, 4) is 0 Å². The van der Waals surface area contributed by atoms with Crippen LogP contribution in [0.25, 0.3) is 0 Å². The van der Waals surface area contributed by atoms with E-state index >= 15 is 0 Å². The normalized spacial score (nSPS) is 14.2. The Balaban J connectivity index is 3.97. The Bertz CT molecular complexity index is 130. The molecule has 0 N–H and O–H groups in total. The van der Waals surface area contributed by atoms with E-state index in [1.54, 1.807) is 0 Å². The predicted octanol–water partition coefficient (Wildman–Crippen LogP) is 5.42. The van der Waals surface area contributed by atoms with Crippen LogP contribution in [0.5, 0.6) is 0 Å². The molecule has 0 bridgehead atoms. The van der Waals surface area contributed by atoms with Crippen LogP contribution in [0.2, 0.25) is 0 Å². The van der Waals surface area contributed by atoms with E-state index in [1.807, 2.05) is 0 Å². The maximum atomic E-state index is 3.12. The zero-order valence-electron chi connectivity index (χ0n) is 11.3.